The van der Waals surface area contributed by atoms with E-state index in [2.05, 4.69) is 10.2 Å². The van der Waals surface area contributed by atoms with Gasteiger partial charge < -0.3 is 29.0 Å². The molecule has 1 unspecified atom stereocenters. The molecule has 1 saturated heterocycles. The molecule has 1 aliphatic rings. The summed E-state index contributed by atoms with van der Waals surface area (Å²) in [6, 6.07) is 9.68. The van der Waals surface area contributed by atoms with Crippen molar-refractivity contribution in [3.8, 4) is 28.7 Å². The van der Waals surface area contributed by atoms with Gasteiger partial charge in [0.15, 0.2) is 11.5 Å². The predicted octanol–water partition coefficient (Wildman–Crippen LogP) is 3.11. The molecule has 1 heterocycles. The zero-order valence-electron chi connectivity index (χ0n) is 18.5. The van der Waals surface area contributed by atoms with Gasteiger partial charge in [-0.1, -0.05) is 6.07 Å². The molecular weight excluding hydrogens is 384 g/mol. The summed E-state index contributed by atoms with van der Waals surface area (Å²) in [4.78, 5) is 2.43. The van der Waals surface area contributed by atoms with Gasteiger partial charge >= 0.3 is 0 Å². The van der Waals surface area contributed by atoms with Gasteiger partial charge in [-0.3, -0.25) is 4.90 Å². The first-order chi connectivity index (χ1) is 14.7. The number of nitrogens with zero attached hydrogens (tertiary/aromatic N) is 1. The van der Waals surface area contributed by atoms with Gasteiger partial charge in [-0.2, -0.15) is 0 Å². The van der Waals surface area contributed by atoms with Crippen LogP contribution in [-0.2, 0) is 0 Å². The number of hydrogen-bond donors (Lipinski definition) is 1. The van der Waals surface area contributed by atoms with E-state index in [1.165, 1.54) is 0 Å². The van der Waals surface area contributed by atoms with Crippen molar-refractivity contribution in [1.82, 2.24) is 10.2 Å². The summed E-state index contributed by atoms with van der Waals surface area (Å²) < 4.78 is 28.6. The van der Waals surface area contributed by atoms with Crippen molar-refractivity contribution in [1.29, 1.82) is 0 Å². The van der Waals surface area contributed by atoms with Crippen LogP contribution < -0.4 is 29.0 Å². The Morgan fingerprint density at radius 2 is 1.40 bits per heavy atom. The quantitative estimate of drug-likeness (QED) is 0.709. The molecule has 164 valence electrons. The van der Waals surface area contributed by atoms with Gasteiger partial charge in [0.25, 0.3) is 0 Å². The van der Waals surface area contributed by atoms with E-state index in [9.17, 15) is 0 Å². The third-order valence-corrected chi connectivity index (χ3v) is 5.51. The van der Waals surface area contributed by atoms with Crippen molar-refractivity contribution in [3.05, 3.63) is 41.5 Å². The second-order valence-corrected chi connectivity index (χ2v) is 7.04. The lowest BCUT2D eigenvalue weighted by Crippen LogP contribution is -2.33. The van der Waals surface area contributed by atoms with Crippen LogP contribution in [0.2, 0.25) is 0 Å². The molecule has 30 heavy (non-hydrogen) atoms. The van der Waals surface area contributed by atoms with Crippen molar-refractivity contribution in [2.45, 2.75) is 12.5 Å². The molecule has 0 bridgehead atoms. The third kappa shape index (κ3) is 4.27. The third-order valence-electron chi connectivity index (χ3n) is 5.51. The summed E-state index contributed by atoms with van der Waals surface area (Å²) >= 11 is 0. The zero-order valence-corrected chi connectivity index (χ0v) is 18.5. The maximum atomic E-state index is 5.85. The molecule has 1 N–H and O–H groups in total. The van der Waals surface area contributed by atoms with Crippen LogP contribution in [0.1, 0.15) is 23.6 Å². The van der Waals surface area contributed by atoms with E-state index >= 15 is 0 Å². The van der Waals surface area contributed by atoms with Gasteiger partial charge in [-0.05, 0) is 37.2 Å². The molecular formula is C23H32N2O5. The molecule has 0 saturated carbocycles. The normalized spacial score (nSPS) is 15.8. The lowest BCUT2D eigenvalue weighted by molar-refractivity contribution is 0.224. The minimum Gasteiger partial charge on any atom is -0.496 e. The van der Waals surface area contributed by atoms with E-state index in [0.717, 1.165) is 55.2 Å². The van der Waals surface area contributed by atoms with E-state index in [1.807, 2.05) is 30.3 Å². The first-order valence-electron chi connectivity index (χ1n) is 10.1. The minimum atomic E-state index is -0.147. The Balaban J connectivity index is 2.27. The van der Waals surface area contributed by atoms with Crippen molar-refractivity contribution >= 4 is 0 Å². The Labute approximate surface area is 178 Å². The van der Waals surface area contributed by atoms with Crippen LogP contribution in [-0.4, -0.2) is 66.6 Å². The molecule has 1 fully saturated rings. The van der Waals surface area contributed by atoms with Crippen LogP contribution in [0.4, 0.5) is 0 Å². The van der Waals surface area contributed by atoms with Gasteiger partial charge in [0.1, 0.15) is 11.5 Å². The maximum absolute atomic E-state index is 5.85. The molecule has 0 radical (unpaired) electrons. The lowest BCUT2D eigenvalue weighted by atomic mass is 9.93. The minimum absolute atomic E-state index is 0.147. The Morgan fingerprint density at radius 3 is 2.00 bits per heavy atom. The van der Waals surface area contributed by atoms with Crippen molar-refractivity contribution < 1.29 is 23.7 Å². The number of rotatable bonds is 8. The number of methoxy groups -OCH3 is 5. The van der Waals surface area contributed by atoms with Crippen molar-refractivity contribution in [2.24, 2.45) is 0 Å². The van der Waals surface area contributed by atoms with Crippen LogP contribution in [0.3, 0.4) is 0 Å². The largest absolute Gasteiger partial charge is 0.496 e. The van der Waals surface area contributed by atoms with E-state index in [0.29, 0.717) is 17.2 Å². The summed E-state index contributed by atoms with van der Waals surface area (Å²) in [6.45, 7) is 3.71. The fourth-order valence-electron chi connectivity index (χ4n) is 4.15. The average Bonchev–Trinajstić information content (AvgIpc) is 3.08. The van der Waals surface area contributed by atoms with E-state index < -0.39 is 0 Å². The second-order valence-electron chi connectivity index (χ2n) is 7.04. The fourth-order valence-corrected chi connectivity index (χ4v) is 4.15. The number of nitrogens with one attached hydrogen (secondary N) is 1. The fraction of sp³-hybridized carbons (Fsp3) is 0.478. The van der Waals surface area contributed by atoms with E-state index in [1.54, 1.807) is 35.5 Å². The Morgan fingerprint density at radius 1 is 0.733 bits per heavy atom. The van der Waals surface area contributed by atoms with Crippen molar-refractivity contribution in [3.63, 3.8) is 0 Å². The molecule has 1 atom stereocenters. The Kier molecular flexibility index (Phi) is 7.65. The summed E-state index contributed by atoms with van der Waals surface area (Å²) in [5.74, 6) is 3.39. The van der Waals surface area contributed by atoms with Crippen LogP contribution in [0.5, 0.6) is 28.7 Å². The molecule has 1 aliphatic heterocycles. The number of hydrogen-bond acceptors (Lipinski definition) is 7. The van der Waals surface area contributed by atoms with Gasteiger partial charge in [-0.15, -0.1) is 0 Å². The van der Waals surface area contributed by atoms with E-state index in [4.69, 9.17) is 23.7 Å². The van der Waals surface area contributed by atoms with Crippen molar-refractivity contribution in [2.75, 3.05) is 61.7 Å². The van der Waals surface area contributed by atoms with Crippen LogP contribution in [0, 0.1) is 0 Å². The molecule has 7 nitrogen and oxygen atoms in total. The molecule has 0 amide bonds. The second kappa shape index (κ2) is 10.4. The standard InChI is InChI=1S/C23H32N2O5/c1-26-17-8-6-9-18(27-2)20(17)21(25-14-7-12-24-13-15-25)16-10-11-19(28-3)23(30-5)22(16)29-4/h6,8-11,21,24H,7,12-15H2,1-5H3. The lowest BCUT2D eigenvalue weighted by Gasteiger charge is -2.34. The Bertz CT molecular complexity index is 812. The van der Waals surface area contributed by atoms with Gasteiger partial charge in [0, 0.05) is 25.2 Å². The summed E-state index contributed by atoms with van der Waals surface area (Å²) in [5, 5.41) is 3.48. The van der Waals surface area contributed by atoms with Gasteiger partial charge in [0.05, 0.1) is 47.2 Å². The molecule has 0 aliphatic carbocycles. The van der Waals surface area contributed by atoms with Gasteiger partial charge in [-0.25, -0.2) is 0 Å². The highest BCUT2D eigenvalue weighted by molar-refractivity contribution is 5.60. The molecule has 0 spiro atoms. The monoisotopic (exact) mass is 416 g/mol. The first-order valence-corrected chi connectivity index (χ1v) is 10.1. The molecule has 3 rings (SSSR count). The van der Waals surface area contributed by atoms with E-state index in [-0.39, 0.29) is 6.04 Å². The topological polar surface area (TPSA) is 61.4 Å². The predicted molar refractivity (Wildman–Crippen MR) is 117 cm³/mol. The smallest absolute Gasteiger partial charge is 0.203 e. The number of ether oxygens (including phenoxy) is 5. The molecule has 2 aromatic carbocycles. The SMILES string of the molecule is COc1ccc(C(c2c(OC)cccc2OC)N2CCCNCC2)c(OC)c1OC. The highest BCUT2D eigenvalue weighted by Crippen LogP contribution is 2.48. The highest BCUT2D eigenvalue weighted by Gasteiger charge is 2.33. The average molecular weight is 417 g/mol. The summed E-state index contributed by atoms with van der Waals surface area (Å²) in [7, 11) is 8.27. The summed E-state index contributed by atoms with van der Waals surface area (Å²) in [5.41, 5.74) is 1.94. The van der Waals surface area contributed by atoms with Crippen LogP contribution in [0.25, 0.3) is 0 Å². The molecule has 2 aromatic rings. The zero-order chi connectivity index (χ0) is 21.5. The summed E-state index contributed by atoms with van der Waals surface area (Å²) in [6.07, 6.45) is 1.05. The van der Waals surface area contributed by atoms with Crippen LogP contribution >= 0.6 is 0 Å². The number of benzene rings is 2. The Hall–Kier alpha value is -2.64. The molecule has 7 heteroatoms. The molecule has 0 aromatic heterocycles. The van der Waals surface area contributed by atoms with Gasteiger partial charge in [0.2, 0.25) is 5.75 Å². The van der Waals surface area contributed by atoms with Crippen LogP contribution in [0.15, 0.2) is 30.3 Å². The highest BCUT2D eigenvalue weighted by atomic mass is 16.5. The maximum Gasteiger partial charge on any atom is 0.203 e. The first kappa shape index (κ1) is 22.1.